The molecule has 1 rings (SSSR count). The first kappa shape index (κ1) is 4.30. The number of rotatable bonds is 0. The number of cyclic esters (lactones) is 1. The van der Waals surface area contributed by atoms with Crippen LogP contribution in [0.5, 0.6) is 0 Å². The number of hydrogen-bond acceptors (Lipinski definition) is 3. The van der Waals surface area contributed by atoms with E-state index in [1.165, 1.54) is 0 Å². The van der Waals surface area contributed by atoms with Gasteiger partial charge in [-0.1, -0.05) is 0 Å². The molecule has 3 nitrogen and oxygen atoms in total. The van der Waals surface area contributed by atoms with E-state index in [0.717, 1.165) is 0 Å². The maximum absolute atomic E-state index is 10.1. The zero-order valence-electron chi connectivity index (χ0n) is 3.76. The zero-order chi connectivity index (χ0) is 5.11. The largest absolute Gasteiger partial charge is 0.442 e. The highest BCUT2D eigenvalue weighted by atomic mass is 16.5. The van der Waals surface area contributed by atoms with Gasteiger partial charge in [0, 0.05) is 6.21 Å². The van der Waals surface area contributed by atoms with Crippen LogP contribution < -0.4 is 0 Å². The third-order valence-electron chi connectivity index (χ3n) is 0.687. The van der Waals surface area contributed by atoms with E-state index < -0.39 is 0 Å². The average molecular weight is 99.1 g/mol. The standard InChI is InChI=1S/C4H5NO2/c6-4-1-2-5-3-7-4/h2H,1,3H2. The monoisotopic (exact) mass is 99.0 g/mol. The van der Waals surface area contributed by atoms with Gasteiger partial charge >= 0.3 is 5.97 Å². The second kappa shape index (κ2) is 1.73. The van der Waals surface area contributed by atoms with Gasteiger partial charge in [-0.2, -0.15) is 0 Å². The fraction of sp³-hybridized carbons (Fsp3) is 0.500. The molecule has 0 saturated carbocycles. The van der Waals surface area contributed by atoms with Gasteiger partial charge in [0.1, 0.15) is 0 Å². The van der Waals surface area contributed by atoms with Gasteiger partial charge in [-0.25, -0.2) is 0 Å². The lowest BCUT2D eigenvalue weighted by Gasteiger charge is -2.01. The van der Waals surface area contributed by atoms with Crippen molar-refractivity contribution in [1.82, 2.24) is 0 Å². The Hall–Kier alpha value is -0.860. The van der Waals surface area contributed by atoms with E-state index in [9.17, 15) is 4.79 Å². The predicted octanol–water partition coefficient (Wildman–Crippen LogP) is -0.0384. The Morgan fingerprint density at radius 2 is 2.71 bits per heavy atom. The maximum atomic E-state index is 10.1. The second-order valence-electron chi connectivity index (χ2n) is 1.21. The van der Waals surface area contributed by atoms with Crippen molar-refractivity contribution < 1.29 is 9.53 Å². The Kier molecular flexibility index (Phi) is 1.06. The van der Waals surface area contributed by atoms with E-state index in [1.54, 1.807) is 6.21 Å². The smallest absolute Gasteiger partial charge is 0.312 e. The first-order valence-electron chi connectivity index (χ1n) is 2.03. The highest BCUT2D eigenvalue weighted by Gasteiger charge is 2.01. The van der Waals surface area contributed by atoms with Gasteiger partial charge in [0.25, 0.3) is 0 Å². The summed E-state index contributed by atoms with van der Waals surface area (Å²) in [5.41, 5.74) is 0. The first-order valence-corrected chi connectivity index (χ1v) is 2.03. The predicted molar refractivity (Wildman–Crippen MR) is 24.1 cm³/mol. The van der Waals surface area contributed by atoms with Crippen LogP contribution in [0.15, 0.2) is 4.99 Å². The van der Waals surface area contributed by atoms with Crippen LogP contribution in [-0.2, 0) is 9.53 Å². The molecule has 0 fully saturated rings. The summed E-state index contributed by atoms with van der Waals surface area (Å²) in [5, 5.41) is 0. The van der Waals surface area contributed by atoms with Crippen LogP contribution in [0.25, 0.3) is 0 Å². The van der Waals surface area contributed by atoms with E-state index in [2.05, 4.69) is 9.73 Å². The van der Waals surface area contributed by atoms with Crippen molar-refractivity contribution in [2.24, 2.45) is 4.99 Å². The van der Waals surface area contributed by atoms with Crippen molar-refractivity contribution >= 4 is 12.2 Å². The minimum Gasteiger partial charge on any atom is -0.442 e. The van der Waals surface area contributed by atoms with Crippen LogP contribution in [0.1, 0.15) is 6.42 Å². The number of carbonyl (C=O) groups is 1. The summed E-state index contributed by atoms with van der Waals surface area (Å²) in [7, 11) is 0. The third-order valence-corrected chi connectivity index (χ3v) is 0.687. The Labute approximate surface area is 41.0 Å². The Balaban J connectivity index is 2.47. The maximum Gasteiger partial charge on any atom is 0.312 e. The van der Waals surface area contributed by atoms with Gasteiger partial charge in [0.2, 0.25) is 0 Å². The Morgan fingerprint density at radius 1 is 1.86 bits per heavy atom. The summed E-state index contributed by atoms with van der Waals surface area (Å²) < 4.78 is 4.44. The summed E-state index contributed by atoms with van der Waals surface area (Å²) in [6.45, 7) is 0.207. The molecule has 0 unspecified atom stereocenters. The quantitative estimate of drug-likeness (QED) is 0.400. The fourth-order valence-corrected chi connectivity index (χ4v) is 0.360. The molecule has 3 heteroatoms. The normalized spacial score (nSPS) is 19.1. The molecular weight excluding hydrogens is 94.0 g/mol. The molecule has 0 spiro atoms. The molecule has 0 bridgehead atoms. The van der Waals surface area contributed by atoms with Gasteiger partial charge in [-0.3, -0.25) is 9.79 Å². The molecule has 38 valence electrons. The topological polar surface area (TPSA) is 38.7 Å². The number of ether oxygens (including phenoxy) is 1. The van der Waals surface area contributed by atoms with Crippen molar-refractivity contribution in [2.45, 2.75) is 6.42 Å². The van der Waals surface area contributed by atoms with Crippen molar-refractivity contribution in [1.29, 1.82) is 0 Å². The third kappa shape index (κ3) is 0.994. The van der Waals surface area contributed by atoms with Crippen molar-refractivity contribution in [3.05, 3.63) is 0 Å². The van der Waals surface area contributed by atoms with Crippen molar-refractivity contribution in [3.8, 4) is 0 Å². The minimum absolute atomic E-state index is 0.185. The fourth-order valence-electron chi connectivity index (χ4n) is 0.360. The van der Waals surface area contributed by atoms with Crippen molar-refractivity contribution in [3.63, 3.8) is 0 Å². The summed E-state index contributed by atoms with van der Waals surface area (Å²) >= 11 is 0. The molecule has 0 aliphatic carbocycles. The van der Waals surface area contributed by atoms with Crippen LogP contribution in [0.3, 0.4) is 0 Å². The van der Waals surface area contributed by atoms with Gasteiger partial charge in [0.15, 0.2) is 6.73 Å². The molecule has 0 N–H and O–H groups in total. The number of hydrogen-bond donors (Lipinski definition) is 0. The number of esters is 1. The van der Waals surface area contributed by atoms with Crippen LogP contribution in [0, 0.1) is 0 Å². The van der Waals surface area contributed by atoms with E-state index in [-0.39, 0.29) is 12.7 Å². The summed E-state index contributed by atoms with van der Waals surface area (Å²) in [4.78, 5) is 13.8. The van der Waals surface area contributed by atoms with E-state index in [4.69, 9.17) is 0 Å². The number of carbonyl (C=O) groups excluding carboxylic acids is 1. The van der Waals surface area contributed by atoms with E-state index in [0.29, 0.717) is 6.42 Å². The van der Waals surface area contributed by atoms with Crippen LogP contribution >= 0.6 is 0 Å². The summed E-state index contributed by atoms with van der Waals surface area (Å²) in [6, 6.07) is 0. The summed E-state index contributed by atoms with van der Waals surface area (Å²) in [5.74, 6) is -0.185. The molecule has 0 atom stereocenters. The lowest BCUT2D eigenvalue weighted by Crippen LogP contribution is -2.09. The molecular formula is C4H5NO2. The second-order valence-corrected chi connectivity index (χ2v) is 1.21. The highest BCUT2D eigenvalue weighted by Crippen LogP contribution is 1.89. The molecule has 1 heterocycles. The molecule has 0 radical (unpaired) electrons. The number of aliphatic imine (C=N–C) groups is 1. The van der Waals surface area contributed by atoms with Crippen LogP contribution in [0.2, 0.25) is 0 Å². The lowest BCUT2D eigenvalue weighted by molar-refractivity contribution is -0.142. The first-order chi connectivity index (χ1) is 3.39. The molecule has 0 aromatic carbocycles. The van der Waals surface area contributed by atoms with Gasteiger partial charge in [0.05, 0.1) is 6.42 Å². The van der Waals surface area contributed by atoms with Gasteiger partial charge < -0.3 is 4.74 Å². The van der Waals surface area contributed by atoms with Gasteiger partial charge in [-0.05, 0) is 0 Å². The van der Waals surface area contributed by atoms with Crippen LogP contribution in [0.4, 0.5) is 0 Å². The molecule has 0 amide bonds. The van der Waals surface area contributed by atoms with Crippen LogP contribution in [-0.4, -0.2) is 18.9 Å². The summed E-state index contributed by atoms with van der Waals surface area (Å²) in [6.07, 6.45) is 1.89. The highest BCUT2D eigenvalue weighted by molar-refractivity contribution is 5.87. The van der Waals surface area contributed by atoms with Crippen molar-refractivity contribution in [2.75, 3.05) is 6.73 Å². The SMILES string of the molecule is O=C1CC=NCO1. The average Bonchev–Trinajstić information content (AvgIpc) is 1.69. The molecule has 1 aliphatic heterocycles. The molecule has 0 saturated heterocycles. The Morgan fingerprint density at radius 3 is 3.00 bits per heavy atom. The van der Waals surface area contributed by atoms with Gasteiger partial charge in [-0.15, -0.1) is 0 Å². The lowest BCUT2D eigenvalue weighted by atomic mass is 10.5. The molecule has 1 aliphatic rings. The number of nitrogens with zero attached hydrogens (tertiary/aromatic N) is 1. The zero-order valence-corrected chi connectivity index (χ0v) is 3.76. The van der Waals surface area contributed by atoms with E-state index >= 15 is 0 Å². The molecule has 0 aromatic heterocycles. The molecule has 7 heavy (non-hydrogen) atoms. The van der Waals surface area contributed by atoms with E-state index in [1.807, 2.05) is 0 Å². The Bertz CT molecular complexity index is 108. The molecule has 0 aromatic rings. The minimum atomic E-state index is -0.185.